The molecular formula is C14H21NO2S. The van der Waals surface area contributed by atoms with E-state index in [-0.39, 0.29) is 0 Å². The lowest BCUT2D eigenvalue weighted by Crippen LogP contribution is -2.30. The molecule has 0 saturated carbocycles. The average molecular weight is 267 g/mol. The number of aryl methyl sites for hydroxylation is 1. The van der Waals surface area contributed by atoms with Gasteiger partial charge in [-0.1, -0.05) is 6.07 Å². The molecule has 0 radical (unpaired) electrons. The summed E-state index contributed by atoms with van der Waals surface area (Å²) in [4.78, 5) is 0. The molecule has 18 heavy (non-hydrogen) atoms. The molecule has 2 rings (SSSR count). The highest BCUT2D eigenvalue weighted by Gasteiger charge is 2.23. The molecule has 0 spiro atoms. The van der Waals surface area contributed by atoms with Crippen LogP contribution in [-0.2, 0) is 17.2 Å². The van der Waals surface area contributed by atoms with Gasteiger partial charge in [0.1, 0.15) is 5.75 Å². The molecule has 1 aromatic carbocycles. The maximum Gasteiger partial charge on any atom is 0.115 e. The second kappa shape index (κ2) is 5.85. The van der Waals surface area contributed by atoms with Gasteiger partial charge in [-0.2, -0.15) is 0 Å². The Bertz CT molecular complexity index is 447. The lowest BCUT2D eigenvalue weighted by atomic mass is 10.1. The van der Waals surface area contributed by atoms with Gasteiger partial charge in [0.15, 0.2) is 0 Å². The fraction of sp³-hybridized carbons (Fsp3) is 0.571. The Balaban J connectivity index is 1.95. The van der Waals surface area contributed by atoms with E-state index < -0.39 is 10.8 Å². The molecule has 0 aliphatic heterocycles. The highest BCUT2D eigenvalue weighted by atomic mass is 32.2. The van der Waals surface area contributed by atoms with Crippen LogP contribution < -0.4 is 5.32 Å². The smallest absolute Gasteiger partial charge is 0.115 e. The van der Waals surface area contributed by atoms with Crippen molar-refractivity contribution in [3.05, 3.63) is 29.3 Å². The topological polar surface area (TPSA) is 49.3 Å². The van der Waals surface area contributed by atoms with Crippen LogP contribution in [0.5, 0.6) is 5.75 Å². The molecule has 3 unspecified atom stereocenters. The van der Waals surface area contributed by atoms with E-state index in [4.69, 9.17) is 0 Å². The molecule has 1 aliphatic carbocycles. The third kappa shape index (κ3) is 3.33. The van der Waals surface area contributed by atoms with Crippen molar-refractivity contribution in [3.8, 4) is 5.75 Å². The first-order valence-electron chi connectivity index (χ1n) is 6.44. The third-order valence-corrected chi connectivity index (χ3v) is 4.34. The summed E-state index contributed by atoms with van der Waals surface area (Å²) in [7, 11) is -0.711. The normalized spacial score (nSPS) is 21.6. The molecule has 0 amide bonds. The highest BCUT2D eigenvalue weighted by Crippen LogP contribution is 2.33. The zero-order valence-corrected chi connectivity index (χ0v) is 11.8. The first-order chi connectivity index (χ1) is 8.56. The largest absolute Gasteiger partial charge is 0.508 e. The molecule has 1 aliphatic rings. The van der Waals surface area contributed by atoms with Crippen LogP contribution in [0.3, 0.4) is 0 Å². The minimum atomic E-state index is -0.711. The maximum absolute atomic E-state index is 11.1. The SMILES string of the molecule is CC(CCS(C)=O)NC1CCc2cc(O)ccc21. The Morgan fingerprint density at radius 3 is 3.06 bits per heavy atom. The van der Waals surface area contributed by atoms with Crippen molar-refractivity contribution >= 4 is 10.8 Å². The molecule has 0 bridgehead atoms. The Morgan fingerprint density at radius 2 is 2.33 bits per heavy atom. The van der Waals surface area contributed by atoms with E-state index >= 15 is 0 Å². The zero-order chi connectivity index (χ0) is 13.1. The molecule has 2 N–H and O–H groups in total. The monoisotopic (exact) mass is 267 g/mol. The van der Waals surface area contributed by atoms with Crippen LogP contribution >= 0.6 is 0 Å². The number of benzene rings is 1. The van der Waals surface area contributed by atoms with Gasteiger partial charge in [-0.15, -0.1) is 0 Å². The standard InChI is InChI=1S/C14H21NO2S/c1-10(7-8-18(2)17)15-14-6-3-11-9-12(16)4-5-13(11)14/h4-5,9-10,14-16H,3,6-8H2,1-2H3. The van der Waals surface area contributed by atoms with Crippen molar-refractivity contribution < 1.29 is 9.32 Å². The van der Waals surface area contributed by atoms with E-state index in [2.05, 4.69) is 12.2 Å². The minimum absolute atomic E-state index is 0.351. The van der Waals surface area contributed by atoms with E-state index in [9.17, 15) is 9.32 Å². The van der Waals surface area contributed by atoms with Crippen LogP contribution in [0.1, 0.15) is 36.9 Å². The predicted octanol–water partition coefficient (Wildman–Crippen LogP) is 2.13. The quantitative estimate of drug-likeness (QED) is 0.859. The van der Waals surface area contributed by atoms with Gasteiger partial charge in [0.2, 0.25) is 0 Å². The summed E-state index contributed by atoms with van der Waals surface area (Å²) in [6.07, 6.45) is 4.79. The van der Waals surface area contributed by atoms with E-state index in [1.54, 1.807) is 12.3 Å². The van der Waals surface area contributed by atoms with Crippen LogP contribution in [0.2, 0.25) is 0 Å². The number of nitrogens with one attached hydrogen (secondary N) is 1. The number of fused-ring (bicyclic) bond motifs is 1. The van der Waals surface area contributed by atoms with Crippen LogP contribution in [-0.4, -0.2) is 27.4 Å². The van der Waals surface area contributed by atoms with Crippen LogP contribution in [0.25, 0.3) is 0 Å². The summed E-state index contributed by atoms with van der Waals surface area (Å²) in [6, 6.07) is 6.38. The Labute approximate surface area is 111 Å². The molecular weight excluding hydrogens is 246 g/mol. The van der Waals surface area contributed by atoms with Crippen molar-refractivity contribution in [2.75, 3.05) is 12.0 Å². The minimum Gasteiger partial charge on any atom is -0.508 e. The predicted molar refractivity (Wildman–Crippen MR) is 75.3 cm³/mol. The number of phenols is 1. The molecule has 0 fully saturated rings. The van der Waals surface area contributed by atoms with Gasteiger partial charge in [-0.05, 0) is 49.4 Å². The number of aromatic hydroxyl groups is 1. The number of hydrogen-bond donors (Lipinski definition) is 2. The van der Waals surface area contributed by atoms with Crippen LogP contribution in [0, 0.1) is 0 Å². The van der Waals surface area contributed by atoms with E-state index in [1.807, 2.05) is 12.1 Å². The molecule has 0 heterocycles. The number of rotatable bonds is 5. The lowest BCUT2D eigenvalue weighted by molar-refractivity contribution is 0.445. The van der Waals surface area contributed by atoms with Crippen LogP contribution in [0.15, 0.2) is 18.2 Å². The second-order valence-corrected chi connectivity index (χ2v) is 6.66. The molecule has 100 valence electrons. The Kier molecular flexibility index (Phi) is 4.40. The Hall–Kier alpha value is -0.870. The summed E-state index contributed by atoms with van der Waals surface area (Å²) in [5.41, 5.74) is 2.55. The van der Waals surface area contributed by atoms with Crippen molar-refractivity contribution in [3.63, 3.8) is 0 Å². The first kappa shape index (κ1) is 13.6. The van der Waals surface area contributed by atoms with Gasteiger partial charge in [0.25, 0.3) is 0 Å². The summed E-state index contributed by atoms with van der Waals surface area (Å²) in [5.74, 6) is 1.10. The van der Waals surface area contributed by atoms with Gasteiger partial charge in [0.05, 0.1) is 0 Å². The van der Waals surface area contributed by atoms with Gasteiger partial charge < -0.3 is 10.4 Å². The molecule has 0 saturated heterocycles. The molecule has 4 heteroatoms. The van der Waals surface area contributed by atoms with Crippen molar-refractivity contribution in [1.82, 2.24) is 5.32 Å². The van der Waals surface area contributed by atoms with E-state index in [1.165, 1.54) is 11.1 Å². The van der Waals surface area contributed by atoms with Gasteiger partial charge in [-0.25, -0.2) is 0 Å². The van der Waals surface area contributed by atoms with Gasteiger partial charge in [0, 0.05) is 34.9 Å². The third-order valence-electron chi connectivity index (χ3n) is 3.53. The summed E-state index contributed by atoms with van der Waals surface area (Å²) >= 11 is 0. The summed E-state index contributed by atoms with van der Waals surface area (Å²) < 4.78 is 11.1. The van der Waals surface area contributed by atoms with Gasteiger partial charge in [-0.3, -0.25) is 4.21 Å². The fourth-order valence-corrected chi connectivity index (χ4v) is 3.23. The van der Waals surface area contributed by atoms with Crippen molar-refractivity contribution in [1.29, 1.82) is 0 Å². The maximum atomic E-state index is 11.1. The molecule has 3 nitrogen and oxygen atoms in total. The molecule has 0 aromatic heterocycles. The number of hydrogen-bond acceptors (Lipinski definition) is 3. The van der Waals surface area contributed by atoms with Crippen molar-refractivity contribution in [2.24, 2.45) is 0 Å². The average Bonchev–Trinajstić information content (AvgIpc) is 2.69. The van der Waals surface area contributed by atoms with E-state index in [0.29, 0.717) is 17.8 Å². The summed E-state index contributed by atoms with van der Waals surface area (Å²) in [5, 5.41) is 13.0. The highest BCUT2D eigenvalue weighted by molar-refractivity contribution is 7.84. The Morgan fingerprint density at radius 1 is 1.56 bits per heavy atom. The van der Waals surface area contributed by atoms with Crippen molar-refractivity contribution in [2.45, 2.75) is 38.3 Å². The van der Waals surface area contributed by atoms with Gasteiger partial charge >= 0.3 is 0 Å². The zero-order valence-electron chi connectivity index (χ0n) is 11.0. The number of phenolic OH excluding ortho intramolecular Hbond substituents is 1. The van der Waals surface area contributed by atoms with Crippen LogP contribution in [0.4, 0.5) is 0 Å². The molecule has 1 aromatic rings. The second-order valence-electron chi connectivity index (χ2n) is 5.11. The molecule has 3 atom stereocenters. The fourth-order valence-electron chi connectivity index (χ4n) is 2.55. The van der Waals surface area contributed by atoms with E-state index in [0.717, 1.165) is 25.0 Å². The first-order valence-corrected chi connectivity index (χ1v) is 8.17. The summed E-state index contributed by atoms with van der Waals surface area (Å²) in [6.45, 7) is 2.14. The lowest BCUT2D eigenvalue weighted by Gasteiger charge is -2.20.